The van der Waals surface area contributed by atoms with Gasteiger partial charge in [-0.25, -0.2) is 4.79 Å². The fourth-order valence-electron chi connectivity index (χ4n) is 1.92. The van der Waals surface area contributed by atoms with Gasteiger partial charge in [-0.15, -0.1) is 0 Å². The molecule has 0 aromatic carbocycles. The van der Waals surface area contributed by atoms with Gasteiger partial charge in [-0.1, -0.05) is 0 Å². The highest BCUT2D eigenvalue weighted by Gasteiger charge is 2.37. The van der Waals surface area contributed by atoms with Crippen LogP contribution in [0.15, 0.2) is 12.1 Å². The molecule has 88 valence electrons. The van der Waals surface area contributed by atoms with Crippen LogP contribution in [0.1, 0.15) is 24.2 Å². The van der Waals surface area contributed by atoms with Crippen molar-refractivity contribution in [1.29, 1.82) is 0 Å². The quantitative estimate of drug-likeness (QED) is 0.787. The summed E-state index contributed by atoms with van der Waals surface area (Å²) in [6, 6.07) is 3.85. The number of hydrogen-bond acceptors (Lipinski definition) is 3. The van der Waals surface area contributed by atoms with Crippen LogP contribution < -0.4 is 5.43 Å². The van der Waals surface area contributed by atoms with Gasteiger partial charge in [0.05, 0.1) is 7.11 Å². The van der Waals surface area contributed by atoms with Crippen molar-refractivity contribution in [2.24, 2.45) is 5.92 Å². The maximum absolute atomic E-state index is 11.6. The Balaban J connectivity index is 2.14. The van der Waals surface area contributed by atoms with Gasteiger partial charge in [0.25, 0.3) is 0 Å². The number of carbonyl (C=O) groups excluding carboxylic acids is 1. The first kappa shape index (κ1) is 11.0. The third-order valence-corrected chi connectivity index (χ3v) is 3.09. The zero-order valence-corrected chi connectivity index (χ0v) is 9.99. The van der Waals surface area contributed by atoms with Gasteiger partial charge in [0.2, 0.25) is 0 Å². The van der Waals surface area contributed by atoms with E-state index in [1.165, 1.54) is 7.11 Å². The second-order valence-electron chi connectivity index (χ2n) is 4.42. The molecule has 1 aromatic heterocycles. The van der Waals surface area contributed by atoms with E-state index in [4.69, 9.17) is 4.74 Å². The fourth-order valence-corrected chi connectivity index (χ4v) is 1.92. The highest BCUT2D eigenvalue weighted by molar-refractivity contribution is 5.78. The minimum absolute atomic E-state index is 0.171. The van der Waals surface area contributed by atoms with E-state index in [0.29, 0.717) is 5.92 Å². The summed E-state index contributed by atoms with van der Waals surface area (Å²) < 4.78 is 6.79. The number of nitrogens with zero attached hydrogens (tertiary/aromatic N) is 1. The van der Waals surface area contributed by atoms with E-state index in [0.717, 1.165) is 24.2 Å². The van der Waals surface area contributed by atoms with E-state index in [-0.39, 0.29) is 12.0 Å². The number of aryl methyl sites for hydroxylation is 2. The maximum atomic E-state index is 11.6. The normalized spacial score (nSPS) is 16.9. The van der Waals surface area contributed by atoms with Crippen molar-refractivity contribution in [3.05, 3.63) is 23.5 Å². The van der Waals surface area contributed by atoms with Crippen LogP contribution >= 0.6 is 0 Å². The van der Waals surface area contributed by atoms with Crippen molar-refractivity contribution >= 4 is 5.97 Å². The van der Waals surface area contributed by atoms with Crippen molar-refractivity contribution in [2.45, 2.75) is 32.7 Å². The summed E-state index contributed by atoms with van der Waals surface area (Å²) in [6.07, 6.45) is 2.21. The summed E-state index contributed by atoms with van der Waals surface area (Å²) in [5.41, 5.74) is 5.46. The second kappa shape index (κ2) is 4.20. The third-order valence-electron chi connectivity index (χ3n) is 3.09. The molecule has 16 heavy (non-hydrogen) atoms. The fraction of sp³-hybridized carbons (Fsp3) is 0.583. The number of ether oxygens (including phenoxy) is 1. The van der Waals surface area contributed by atoms with E-state index in [1.807, 2.05) is 30.7 Å². The van der Waals surface area contributed by atoms with Crippen molar-refractivity contribution in [3.63, 3.8) is 0 Å². The van der Waals surface area contributed by atoms with Crippen molar-refractivity contribution in [2.75, 3.05) is 12.5 Å². The Morgan fingerprint density at radius 2 is 2.00 bits per heavy atom. The first-order chi connectivity index (χ1) is 7.63. The Bertz CT molecular complexity index is 374. The molecule has 0 spiro atoms. The largest absolute Gasteiger partial charge is 0.467 e. The van der Waals surface area contributed by atoms with Crippen LogP contribution in [0.4, 0.5) is 0 Å². The number of rotatable bonds is 4. The molecule has 1 fully saturated rings. The minimum atomic E-state index is -0.213. The molecule has 0 radical (unpaired) electrons. The Labute approximate surface area is 95.6 Å². The van der Waals surface area contributed by atoms with Gasteiger partial charge in [0, 0.05) is 11.4 Å². The minimum Gasteiger partial charge on any atom is -0.467 e. The predicted octanol–water partition coefficient (Wildman–Crippen LogP) is 1.60. The molecule has 0 saturated heterocycles. The van der Waals surface area contributed by atoms with Crippen molar-refractivity contribution < 1.29 is 9.53 Å². The van der Waals surface area contributed by atoms with Gasteiger partial charge in [0.15, 0.2) is 0 Å². The molecular formula is C12H18N2O2. The van der Waals surface area contributed by atoms with E-state index >= 15 is 0 Å². The van der Waals surface area contributed by atoms with Gasteiger partial charge >= 0.3 is 5.97 Å². The summed E-state index contributed by atoms with van der Waals surface area (Å²) in [5.74, 6) is 0.253. The van der Waals surface area contributed by atoms with E-state index in [9.17, 15) is 4.79 Å². The first-order valence-corrected chi connectivity index (χ1v) is 5.63. The number of aromatic nitrogens is 1. The molecule has 2 rings (SSSR count). The SMILES string of the molecule is COC(=O)C(Nn1c(C)ccc1C)C1CC1. The van der Waals surface area contributed by atoms with Crippen LogP contribution in [-0.2, 0) is 9.53 Å². The standard InChI is InChI=1S/C12H18N2O2/c1-8-4-5-9(2)14(8)13-11(10-6-7-10)12(15)16-3/h4-5,10-11,13H,6-7H2,1-3H3. The third kappa shape index (κ3) is 2.05. The molecule has 0 amide bonds. The molecule has 1 aliphatic carbocycles. The summed E-state index contributed by atoms with van der Waals surface area (Å²) in [4.78, 5) is 11.6. The zero-order valence-electron chi connectivity index (χ0n) is 9.99. The number of esters is 1. The molecule has 4 heteroatoms. The van der Waals surface area contributed by atoms with Gasteiger partial charge < -0.3 is 10.2 Å². The van der Waals surface area contributed by atoms with Gasteiger partial charge in [0.1, 0.15) is 6.04 Å². The number of nitrogens with one attached hydrogen (secondary N) is 1. The number of carbonyl (C=O) groups is 1. The van der Waals surface area contributed by atoms with Crippen LogP contribution in [0.25, 0.3) is 0 Å². The van der Waals surface area contributed by atoms with Gasteiger partial charge in [-0.2, -0.15) is 0 Å². The van der Waals surface area contributed by atoms with Crippen LogP contribution in [-0.4, -0.2) is 23.8 Å². The summed E-state index contributed by atoms with van der Waals surface area (Å²) >= 11 is 0. The lowest BCUT2D eigenvalue weighted by atomic mass is 10.2. The highest BCUT2D eigenvalue weighted by Crippen LogP contribution is 2.33. The summed E-state index contributed by atoms with van der Waals surface area (Å²) in [6.45, 7) is 4.03. The average Bonchev–Trinajstić information content (AvgIpc) is 3.05. The average molecular weight is 222 g/mol. The molecule has 1 aromatic rings. The topological polar surface area (TPSA) is 43.3 Å². The molecule has 1 heterocycles. The smallest absolute Gasteiger partial charge is 0.330 e. The molecule has 1 N–H and O–H groups in total. The lowest BCUT2D eigenvalue weighted by Gasteiger charge is -2.20. The Morgan fingerprint density at radius 3 is 2.44 bits per heavy atom. The van der Waals surface area contributed by atoms with Crippen LogP contribution in [0.5, 0.6) is 0 Å². The van der Waals surface area contributed by atoms with E-state index in [1.54, 1.807) is 0 Å². The molecule has 0 bridgehead atoms. The molecule has 1 atom stereocenters. The summed E-state index contributed by atoms with van der Waals surface area (Å²) in [5, 5.41) is 0. The Hall–Kier alpha value is -1.45. The lowest BCUT2D eigenvalue weighted by molar-refractivity contribution is -0.142. The Kier molecular flexibility index (Phi) is 2.90. The van der Waals surface area contributed by atoms with Crippen LogP contribution in [0, 0.1) is 19.8 Å². The van der Waals surface area contributed by atoms with Crippen LogP contribution in [0.2, 0.25) is 0 Å². The highest BCUT2D eigenvalue weighted by atomic mass is 16.5. The number of methoxy groups -OCH3 is 1. The first-order valence-electron chi connectivity index (χ1n) is 5.63. The predicted molar refractivity (Wildman–Crippen MR) is 61.8 cm³/mol. The lowest BCUT2D eigenvalue weighted by Crippen LogP contribution is -2.38. The zero-order chi connectivity index (χ0) is 11.7. The summed E-state index contributed by atoms with van der Waals surface area (Å²) in [7, 11) is 1.44. The molecule has 0 aliphatic heterocycles. The van der Waals surface area contributed by atoms with Gasteiger partial charge in [-0.3, -0.25) is 4.68 Å². The van der Waals surface area contributed by atoms with Crippen LogP contribution in [0.3, 0.4) is 0 Å². The molecule has 4 nitrogen and oxygen atoms in total. The molecule has 1 aliphatic rings. The maximum Gasteiger partial charge on any atom is 0.330 e. The monoisotopic (exact) mass is 222 g/mol. The number of hydrogen-bond donors (Lipinski definition) is 1. The van der Waals surface area contributed by atoms with Crippen molar-refractivity contribution in [1.82, 2.24) is 4.68 Å². The second-order valence-corrected chi connectivity index (χ2v) is 4.42. The van der Waals surface area contributed by atoms with E-state index in [2.05, 4.69) is 5.43 Å². The molecule has 1 unspecified atom stereocenters. The van der Waals surface area contributed by atoms with Crippen molar-refractivity contribution in [3.8, 4) is 0 Å². The molecular weight excluding hydrogens is 204 g/mol. The van der Waals surface area contributed by atoms with E-state index < -0.39 is 0 Å². The molecule has 1 saturated carbocycles. The Morgan fingerprint density at radius 1 is 1.44 bits per heavy atom. The van der Waals surface area contributed by atoms with Gasteiger partial charge in [-0.05, 0) is 44.7 Å².